The van der Waals surface area contributed by atoms with Crippen LogP contribution in [-0.2, 0) is 7.05 Å². The topological polar surface area (TPSA) is 73.2 Å². The van der Waals surface area contributed by atoms with Crippen LogP contribution in [0.15, 0.2) is 29.3 Å². The van der Waals surface area contributed by atoms with Gasteiger partial charge in [-0.3, -0.25) is 9.59 Å². The van der Waals surface area contributed by atoms with Crippen molar-refractivity contribution >= 4 is 33.1 Å². The van der Waals surface area contributed by atoms with Crippen molar-refractivity contribution in [1.82, 2.24) is 9.55 Å². The van der Waals surface area contributed by atoms with Gasteiger partial charge in [-0.25, -0.2) is 9.37 Å². The Hall–Kier alpha value is -2.74. The van der Waals surface area contributed by atoms with Gasteiger partial charge in [-0.05, 0) is 31.5 Å². The van der Waals surface area contributed by atoms with Crippen molar-refractivity contribution in [3.63, 3.8) is 0 Å². The van der Waals surface area contributed by atoms with E-state index in [-0.39, 0.29) is 11.3 Å². The lowest BCUT2D eigenvalue weighted by molar-refractivity contribution is 0.102. The van der Waals surface area contributed by atoms with Crippen LogP contribution in [0, 0.1) is 12.7 Å². The van der Waals surface area contributed by atoms with E-state index < -0.39 is 11.7 Å². The molecule has 0 aliphatic rings. The van der Waals surface area contributed by atoms with E-state index in [2.05, 4.69) is 10.3 Å². The highest BCUT2D eigenvalue weighted by Crippen LogP contribution is 2.30. The molecule has 130 valence electrons. The molecular formula is C17H16FN3O3S. The summed E-state index contributed by atoms with van der Waals surface area (Å²) >= 11 is 1.15. The third-order valence-electron chi connectivity index (χ3n) is 3.71. The molecule has 25 heavy (non-hydrogen) atoms. The fourth-order valence-corrected chi connectivity index (χ4v) is 3.51. The van der Waals surface area contributed by atoms with Gasteiger partial charge in [0, 0.05) is 13.1 Å². The number of hydrogen-bond donors (Lipinski definition) is 1. The molecule has 0 aliphatic carbocycles. The zero-order valence-electron chi connectivity index (χ0n) is 13.9. The Morgan fingerprint density at radius 3 is 2.92 bits per heavy atom. The number of aryl methyl sites for hydroxylation is 2. The van der Waals surface area contributed by atoms with Crippen LogP contribution in [0.25, 0.3) is 10.2 Å². The lowest BCUT2D eigenvalue weighted by atomic mass is 10.2. The number of hydrogen-bond acceptors (Lipinski definition) is 5. The number of thiophene rings is 1. The van der Waals surface area contributed by atoms with Gasteiger partial charge in [0.25, 0.3) is 11.5 Å². The molecule has 0 radical (unpaired) electrons. The van der Waals surface area contributed by atoms with Gasteiger partial charge in [0.15, 0.2) is 0 Å². The summed E-state index contributed by atoms with van der Waals surface area (Å²) in [5.41, 5.74) is 0.742. The number of nitrogens with zero attached hydrogens (tertiary/aromatic N) is 2. The average molecular weight is 361 g/mol. The normalized spacial score (nSPS) is 10.9. The molecule has 3 aromatic rings. The van der Waals surface area contributed by atoms with Crippen molar-refractivity contribution in [2.24, 2.45) is 7.05 Å². The van der Waals surface area contributed by atoms with Crippen molar-refractivity contribution in [2.75, 3.05) is 11.9 Å². The number of fused-ring (bicyclic) bond motifs is 1. The number of aromatic nitrogens is 2. The molecular weight excluding hydrogens is 345 g/mol. The first-order valence-corrected chi connectivity index (χ1v) is 8.42. The summed E-state index contributed by atoms with van der Waals surface area (Å²) in [6.45, 7) is 3.83. The highest BCUT2D eigenvalue weighted by atomic mass is 32.1. The first-order chi connectivity index (χ1) is 11.9. The predicted octanol–water partition coefficient (Wildman–Crippen LogP) is 3.09. The van der Waals surface area contributed by atoms with E-state index in [1.807, 2.05) is 0 Å². The fraction of sp³-hybridized carbons (Fsp3) is 0.235. The maximum Gasteiger partial charge on any atom is 0.266 e. The van der Waals surface area contributed by atoms with Gasteiger partial charge < -0.3 is 14.6 Å². The molecule has 1 N–H and O–H groups in total. The maximum atomic E-state index is 13.4. The Morgan fingerprint density at radius 2 is 2.20 bits per heavy atom. The SMILES string of the molecule is CCOc1cc(F)ccc1NC(=O)c1sc2ncn(C)c(=O)c2c1C. The number of amides is 1. The van der Waals surface area contributed by atoms with E-state index in [0.717, 1.165) is 11.3 Å². The monoisotopic (exact) mass is 361 g/mol. The standard InChI is InChI=1S/C17H16FN3O3S/c1-4-24-12-7-10(18)5-6-11(12)20-15(22)14-9(2)13-16(25-14)19-8-21(3)17(13)23/h5-8H,4H2,1-3H3,(H,20,22). The number of rotatable bonds is 4. The number of halogens is 1. The first-order valence-electron chi connectivity index (χ1n) is 7.60. The largest absolute Gasteiger partial charge is 0.492 e. The minimum atomic E-state index is -0.452. The fourth-order valence-electron chi connectivity index (χ4n) is 2.48. The molecule has 8 heteroatoms. The van der Waals surface area contributed by atoms with E-state index in [1.165, 1.54) is 29.1 Å². The number of ether oxygens (including phenoxy) is 1. The number of benzene rings is 1. The molecule has 0 saturated carbocycles. The third kappa shape index (κ3) is 3.12. The summed E-state index contributed by atoms with van der Waals surface area (Å²) < 4.78 is 20.1. The van der Waals surface area contributed by atoms with Gasteiger partial charge in [-0.2, -0.15) is 0 Å². The van der Waals surface area contributed by atoms with E-state index in [9.17, 15) is 14.0 Å². The molecule has 0 saturated heterocycles. The second-order valence-corrected chi connectivity index (χ2v) is 6.42. The lowest BCUT2D eigenvalue weighted by Crippen LogP contribution is -2.17. The molecule has 1 amide bonds. The second-order valence-electron chi connectivity index (χ2n) is 5.42. The molecule has 0 unspecified atom stereocenters. The highest BCUT2D eigenvalue weighted by molar-refractivity contribution is 7.20. The molecule has 1 aromatic carbocycles. The molecule has 6 nitrogen and oxygen atoms in total. The van der Waals surface area contributed by atoms with Gasteiger partial charge in [-0.15, -0.1) is 11.3 Å². The lowest BCUT2D eigenvalue weighted by Gasteiger charge is -2.11. The van der Waals surface area contributed by atoms with Crippen LogP contribution in [-0.4, -0.2) is 22.1 Å². The van der Waals surface area contributed by atoms with Gasteiger partial charge >= 0.3 is 0 Å². The quantitative estimate of drug-likeness (QED) is 0.775. The Balaban J connectivity index is 2.00. The summed E-state index contributed by atoms with van der Waals surface area (Å²) in [7, 11) is 1.61. The van der Waals surface area contributed by atoms with Gasteiger partial charge in [0.1, 0.15) is 16.4 Å². The van der Waals surface area contributed by atoms with Gasteiger partial charge in [-0.1, -0.05) is 0 Å². The molecule has 3 rings (SSSR count). The van der Waals surface area contributed by atoms with E-state index in [0.29, 0.717) is 33.0 Å². The first kappa shape index (κ1) is 17.1. The Bertz CT molecular complexity index is 1030. The molecule has 0 fully saturated rings. The summed E-state index contributed by atoms with van der Waals surface area (Å²) in [6, 6.07) is 3.90. The minimum absolute atomic E-state index is 0.199. The number of carbonyl (C=O) groups excluding carboxylic acids is 1. The molecule has 2 aromatic heterocycles. The predicted molar refractivity (Wildman–Crippen MR) is 95.1 cm³/mol. The maximum absolute atomic E-state index is 13.4. The van der Waals surface area contributed by atoms with Crippen LogP contribution in [0.4, 0.5) is 10.1 Å². The van der Waals surface area contributed by atoms with Crippen molar-refractivity contribution in [3.05, 3.63) is 51.1 Å². The van der Waals surface area contributed by atoms with Gasteiger partial charge in [0.05, 0.1) is 28.9 Å². The van der Waals surface area contributed by atoms with Crippen molar-refractivity contribution in [1.29, 1.82) is 0 Å². The van der Waals surface area contributed by atoms with E-state index in [1.54, 1.807) is 20.9 Å². The van der Waals surface area contributed by atoms with Crippen LogP contribution < -0.4 is 15.6 Å². The number of anilines is 1. The van der Waals surface area contributed by atoms with Crippen LogP contribution in [0.5, 0.6) is 5.75 Å². The average Bonchev–Trinajstić information content (AvgIpc) is 2.91. The summed E-state index contributed by atoms with van der Waals surface area (Å²) in [6.07, 6.45) is 1.43. The molecule has 0 atom stereocenters. The van der Waals surface area contributed by atoms with Crippen LogP contribution in [0.3, 0.4) is 0 Å². The third-order valence-corrected chi connectivity index (χ3v) is 4.91. The Labute approximate surface area is 146 Å². The highest BCUT2D eigenvalue weighted by Gasteiger charge is 2.20. The summed E-state index contributed by atoms with van der Waals surface area (Å²) in [5.74, 6) is -0.592. The van der Waals surface area contributed by atoms with Crippen molar-refractivity contribution in [3.8, 4) is 5.75 Å². The molecule has 0 spiro atoms. The van der Waals surface area contributed by atoms with Crippen LogP contribution in [0.1, 0.15) is 22.2 Å². The minimum Gasteiger partial charge on any atom is -0.492 e. The van der Waals surface area contributed by atoms with E-state index in [4.69, 9.17) is 4.74 Å². The molecule has 2 heterocycles. The zero-order chi connectivity index (χ0) is 18.1. The van der Waals surface area contributed by atoms with Crippen molar-refractivity contribution in [2.45, 2.75) is 13.8 Å². The molecule has 0 aliphatic heterocycles. The smallest absolute Gasteiger partial charge is 0.266 e. The van der Waals surface area contributed by atoms with Crippen molar-refractivity contribution < 1.29 is 13.9 Å². The molecule has 0 bridgehead atoms. The second kappa shape index (κ2) is 6.64. The van der Waals surface area contributed by atoms with Crippen LogP contribution >= 0.6 is 11.3 Å². The summed E-state index contributed by atoms with van der Waals surface area (Å²) in [5, 5.41) is 3.15. The Kier molecular flexibility index (Phi) is 4.54. The zero-order valence-corrected chi connectivity index (χ0v) is 14.7. The number of carbonyl (C=O) groups is 1. The van der Waals surface area contributed by atoms with E-state index >= 15 is 0 Å². The van der Waals surface area contributed by atoms with Crippen LogP contribution in [0.2, 0.25) is 0 Å². The Morgan fingerprint density at radius 1 is 1.44 bits per heavy atom. The number of nitrogens with one attached hydrogen (secondary N) is 1. The van der Waals surface area contributed by atoms with Gasteiger partial charge in [0.2, 0.25) is 0 Å². The summed E-state index contributed by atoms with van der Waals surface area (Å²) in [4.78, 5) is 30.0.